The molecule has 0 atom stereocenters. The minimum Gasteiger partial charge on any atom is -0.449 e. The summed E-state index contributed by atoms with van der Waals surface area (Å²) in [7, 11) is 0. The highest BCUT2D eigenvalue weighted by atomic mass is 19.4. The van der Waals surface area contributed by atoms with Crippen molar-refractivity contribution in [3.63, 3.8) is 0 Å². The second kappa shape index (κ2) is 5.23. The predicted molar refractivity (Wildman–Crippen MR) is 49.8 cm³/mol. The molecule has 0 rings (SSSR count). The molecule has 0 aromatic carbocycles. The molecule has 0 unspecified atom stereocenters. The van der Waals surface area contributed by atoms with Gasteiger partial charge < -0.3 is 10.1 Å². The first-order valence-electron chi connectivity index (χ1n) is 4.80. The Balaban J connectivity index is 4.58. The molecule has 0 bridgehead atoms. The fourth-order valence-electron chi connectivity index (χ4n) is 0.791. The van der Waals surface area contributed by atoms with Gasteiger partial charge >= 0.3 is 18.4 Å². The van der Waals surface area contributed by atoms with Crippen molar-refractivity contribution >= 4 is 6.09 Å². The molecule has 0 radical (unpaired) electrons. The van der Waals surface area contributed by atoms with Gasteiger partial charge in [-0.05, 0) is 5.41 Å². The number of nitrogens with one attached hydrogen (secondary N) is 1. The predicted octanol–water partition coefficient (Wildman–Crippen LogP) is 3.25. The Morgan fingerprint density at radius 3 is 1.72 bits per heavy atom. The summed E-state index contributed by atoms with van der Waals surface area (Å²) in [6.07, 6.45) is -13.0. The molecule has 0 aromatic heterocycles. The summed E-state index contributed by atoms with van der Waals surface area (Å²) in [5.74, 6) is 0. The van der Waals surface area contributed by atoms with Gasteiger partial charge in [-0.2, -0.15) is 26.3 Å². The van der Waals surface area contributed by atoms with Crippen molar-refractivity contribution in [1.82, 2.24) is 5.32 Å². The van der Waals surface area contributed by atoms with Crippen LogP contribution in [0.4, 0.5) is 31.1 Å². The molecule has 0 aliphatic rings. The van der Waals surface area contributed by atoms with Gasteiger partial charge in [0, 0.05) is 0 Å². The lowest BCUT2D eigenvalue weighted by Crippen LogP contribution is -2.54. The maximum atomic E-state index is 12.1. The molecule has 18 heavy (non-hydrogen) atoms. The lowest BCUT2D eigenvalue weighted by atomic mass is 9.99. The average Bonchev–Trinajstić information content (AvgIpc) is 2.05. The van der Waals surface area contributed by atoms with E-state index in [2.05, 4.69) is 4.74 Å². The van der Waals surface area contributed by atoms with Crippen LogP contribution in [0.25, 0.3) is 0 Å². The number of rotatable bonds is 2. The van der Waals surface area contributed by atoms with Gasteiger partial charge in [0.15, 0.2) is 0 Å². The molecule has 0 saturated carbocycles. The van der Waals surface area contributed by atoms with E-state index in [9.17, 15) is 31.1 Å². The van der Waals surface area contributed by atoms with E-state index in [-0.39, 0.29) is 6.61 Å². The second-order valence-electron chi connectivity index (χ2n) is 4.80. The van der Waals surface area contributed by atoms with E-state index in [4.69, 9.17) is 0 Å². The lowest BCUT2D eigenvalue weighted by Gasteiger charge is -2.24. The number of halogens is 6. The van der Waals surface area contributed by atoms with Crippen LogP contribution in [-0.2, 0) is 4.74 Å². The summed E-state index contributed by atoms with van der Waals surface area (Å²) in [4.78, 5) is 10.9. The maximum Gasteiger partial charge on any atom is 0.417 e. The van der Waals surface area contributed by atoms with Crippen LogP contribution in [0, 0.1) is 5.41 Å². The van der Waals surface area contributed by atoms with Gasteiger partial charge in [-0.15, -0.1) is 0 Å². The van der Waals surface area contributed by atoms with E-state index in [1.807, 2.05) is 0 Å². The first-order chi connectivity index (χ1) is 7.73. The Bertz CT molecular complexity index is 277. The molecule has 0 saturated heterocycles. The summed E-state index contributed by atoms with van der Waals surface area (Å²) in [6, 6.07) is -3.93. The Morgan fingerprint density at radius 1 is 1.06 bits per heavy atom. The SMILES string of the molecule is CC(C)(C)COC(=O)NC(C(F)(F)F)C(F)(F)F. The highest BCUT2D eigenvalue weighted by Gasteiger charge is 2.57. The first kappa shape index (κ1) is 16.9. The molecule has 0 aromatic rings. The molecule has 9 heteroatoms. The average molecular weight is 281 g/mol. The van der Waals surface area contributed by atoms with E-state index in [1.165, 1.54) is 0 Å². The zero-order valence-electron chi connectivity index (χ0n) is 9.87. The molecule has 1 N–H and O–H groups in total. The fraction of sp³-hybridized carbons (Fsp3) is 0.889. The molecule has 0 fully saturated rings. The van der Waals surface area contributed by atoms with Crippen LogP contribution in [0.5, 0.6) is 0 Å². The van der Waals surface area contributed by atoms with Crippen molar-refractivity contribution in [2.24, 2.45) is 5.41 Å². The quantitative estimate of drug-likeness (QED) is 0.789. The summed E-state index contributed by atoms with van der Waals surface area (Å²) in [6.45, 7) is 4.50. The van der Waals surface area contributed by atoms with Crippen LogP contribution in [0.1, 0.15) is 20.8 Å². The Kier molecular flexibility index (Phi) is 4.90. The summed E-state index contributed by atoms with van der Waals surface area (Å²) < 4.78 is 76.6. The Labute approximate surface area is 99.5 Å². The first-order valence-corrected chi connectivity index (χ1v) is 4.80. The summed E-state index contributed by atoms with van der Waals surface area (Å²) >= 11 is 0. The molecular formula is C9H13F6NO2. The van der Waals surface area contributed by atoms with E-state index in [0.29, 0.717) is 0 Å². The third-order valence-corrected chi connectivity index (χ3v) is 1.55. The van der Waals surface area contributed by atoms with Crippen LogP contribution in [-0.4, -0.2) is 31.1 Å². The number of hydrogen-bond donors (Lipinski definition) is 1. The van der Waals surface area contributed by atoms with Crippen LogP contribution in [0.3, 0.4) is 0 Å². The number of hydrogen-bond acceptors (Lipinski definition) is 2. The van der Waals surface area contributed by atoms with Gasteiger partial charge in [0.1, 0.15) is 0 Å². The van der Waals surface area contributed by atoms with Gasteiger partial charge in [0.2, 0.25) is 6.04 Å². The van der Waals surface area contributed by atoms with Crippen molar-refractivity contribution in [3.8, 4) is 0 Å². The molecule has 0 aliphatic carbocycles. The number of amides is 1. The smallest absolute Gasteiger partial charge is 0.417 e. The van der Waals surface area contributed by atoms with Crippen LogP contribution in [0.15, 0.2) is 0 Å². The van der Waals surface area contributed by atoms with Crippen LogP contribution >= 0.6 is 0 Å². The van der Waals surface area contributed by atoms with Crippen molar-refractivity contribution in [3.05, 3.63) is 0 Å². The fourth-order valence-corrected chi connectivity index (χ4v) is 0.791. The van der Waals surface area contributed by atoms with Gasteiger partial charge in [0.05, 0.1) is 6.61 Å². The molecule has 1 amide bonds. The highest BCUT2D eigenvalue weighted by Crippen LogP contribution is 2.33. The number of carbonyl (C=O) groups is 1. The van der Waals surface area contributed by atoms with E-state index in [1.54, 1.807) is 20.8 Å². The standard InChI is InChI=1S/C9H13F6NO2/c1-7(2,3)4-18-6(17)16-5(8(10,11)12)9(13,14)15/h5H,4H2,1-3H3,(H,16,17). The molecule has 0 aliphatic heterocycles. The second-order valence-corrected chi connectivity index (χ2v) is 4.80. The van der Waals surface area contributed by atoms with Crippen molar-refractivity contribution in [2.75, 3.05) is 6.61 Å². The number of ether oxygens (including phenoxy) is 1. The molecule has 0 heterocycles. The van der Waals surface area contributed by atoms with E-state index in [0.717, 1.165) is 5.32 Å². The third-order valence-electron chi connectivity index (χ3n) is 1.55. The molecule has 0 spiro atoms. The Morgan fingerprint density at radius 2 is 1.44 bits per heavy atom. The van der Waals surface area contributed by atoms with Crippen molar-refractivity contribution < 1.29 is 35.9 Å². The topological polar surface area (TPSA) is 38.3 Å². The summed E-state index contributed by atoms with van der Waals surface area (Å²) in [5.41, 5.74) is -0.566. The van der Waals surface area contributed by atoms with Gasteiger partial charge in [-0.1, -0.05) is 20.8 Å². The molecular weight excluding hydrogens is 268 g/mol. The van der Waals surface area contributed by atoms with Gasteiger partial charge in [-0.25, -0.2) is 4.79 Å². The highest BCUT2D eigenvalue weighted by molar-refractivity contribution is 5.67. The minimum absolute atomic E-state index is 0.304. The van der Waals surface area contributed by atoms with Crippen molar-refractivity contribution in [2.45, 2.75) is 39.2 Å². The van der Waals surface area contributed by atoms with E-state index < -0.39 is 29.9 Å². The zero-order valence-corrected chi connectivity index (χ0v) is 9.87. The van der Waals surface area contributed by atoms with Crippen molar-refractivity contribution in [1.29, 1.82) is 0 Å². The number of carbonyl (C=O) groups excluding carboxylic acids is 1. The zero-order chi connectivity index (χ0) is 14.8. The number of alkyl carbamates (subject to hydrolysis) is 1. The largest absolute Gasteiger partial charge is 0.449 e. The van der Waals surface area contributed by atoms with Gasteiger partial charge in [-0.3, -0.25) is 0 Å². The maximum absolute atomic E-state index is 12.1. The molecule has 3 nitrogen and oxygen atoms in total. The Hall–Kier alpha value is -1.15. The lowest BCUT2D eigenvalue weighted by molar-refractivity contribution is -0.256. The third kappa shape index (κ3) is 6.55. The number of alkyl halides is 6. The normalized spacial score (nSPS) is 13.7. The van der Waals surface area contributed by atoms with Crippen LogP contribution < -0.4 is 5.32 Å². The monoisotopic (exact) mass is 281 g/mol. The summed E-state index contributed by atoms with van der Waals surface area (Å²) in [5, 5.41) is 0.758. The van der Waals surface area contributed by atoms with E-state index >= 15 is 0 Å². The van der Waals surface area contributed by atoms with Crippen LogP contribution in [0.2, 0.25) is 0 Å². The molecule has 108 valence electrons. The van der Waals surface area contributed by atoms with Gasteiger partial charge in [0.25, 0.3) is 0 Å². The minimum atomic E-state index is -5.63.